The molecule has 1 aromatic rings. The number of sulfone groups is 1. The van der Waals surface area contributed by atoms with Crippen LogP contribution >= 0.6 is 35.0 Å². The number of carbonyl (C=O) groups excluding carboxylic acids is 1. The van der Waals surface area contributed by atoms with Crippen LogP contribution in [0, 0.1) is 5.92 Å². The van der Waals surface area contributed by atoms with E-state index < -0.39 is 9.84 Å². The molecule has 152 valence electrons. The highest BCUT2D eigenvalue weighted by atomic mass is 35.5. The Morgan fingerprint density at radius 2 is 1.96 bits per heavy atom. The van der Waals surface area contributed by atoms with Crippen molar-refractivity contribution in [1.82, 2.24) is 0 Å². The maximum absolute atomic E-state index is 12.5. The number of amides is 1. The lowest BCUT2D eigenvalue weighted by Gasteiger charge is -2.25. The number of halogens is 2. The molecule has 2 aliphatic heterocycles. The maximum atomic E-state index is 12.5. The van der Waals surface area contributed by atoms with Gasteiger partial charge in [0.2, 0.25) is 5.91 Å². The number of fused-ring (bicyclic) bond motifs is 1. The van der Waals surface area contributed by atoms with E-state index in [2.05, 4.69) is 4.99 Å². The molecule has 0 N–H and O–H groups in total. The molecule has 0 spiro atoms. The number of thioether (sulfide) groups is 1. The van der Waals surface area contributed by atoms with Gasteiger partial charge in [-0.2, -0.15) is 4.99 Å². The second-order valence-electron chi connectivity index (χ2n) is 7.72. The van der Waals surface area contributed by atoms with Crippen LogP contribution in [0.4, 0.5) is 5.69 Å². The van der Waals surface area contributed by atoms with Crippen molar-refractivity contribution in [3.05, 3.63) is 28.2 Å². The predicted molar refractivity (Wildman–Crippen MR) is 116 cm³/mol. The van der Waals surface area contributed by atoms with Gasteiger partial charge in [0.25, 0.3) is 0 Å². The second kappa shape index (κ2) is 8.17. The summed E-state index contributed by atoms with van der Waals surface area (Å²) in [5.74, 6) is 0.596. The lowest BCUT2D eigenvalue weighted by Crippen LogP contribution is -2.38. The minimum Gasteiger partial charge on any atom is -0.314 e. The van der Waals surface area contributed by atoms with E-state index in [0.717, 1.165) is 6.42 Å². The van der Waals surface area contributed by atoms with E-state index in [9.17, 15) is 13.2 Å². The van der Waals surface area contributed by atoms with Crippen LogP contribution in [0.3, 0.4) is 0 Å². The average Bonchev–Trinajstić information content (AvgIpc) is 3.31. The molecule has 2 atom stereocenters. The highest BCUT2D eigenvalue weighted by Crippen LogP contribution is 2.44. The Labute approximate surface area is 179 Å². The first-order valence-electron chi connectivity index (χ1n) is 9.56. The molecule has 0 radical (unpaired) electrons. The molecule has 1 amide bonds. The molecule has 2 heterocycles. The van der Waals surface area contributed by atoms with Crippen molar-refractivity contribution in [2.45, 2.75) is 49.8 Å². The molecule has 5 nitrogen and oxygen atoms in total. The van der Waals surface area contributed by atoms with E-state index in [1.165, 1.54) is 37.4 Å². The number of benzene rings is 1. The Hall–Kier alpha value is -0.760. The molecular weight excluding hydrogens is 439 g/mol. The van der Waals surface area contributed by atoms with Crippen molar-refractivity contribution >= 4 is 61.6 Å². The van der Waals surface area contributed by atoms with Gasteiger partial charge < -0.3 is 4.90 Å². The van der Waals surface area contributed by atoms with E-state index in [4.69, 9.17) is 23.2 Å². The first-order chi connectivity index (χ1) is 13.3. The van der Waals surface area contributed by atoms with Crippen LogP contribution in [0.1, 0.15) is 38.5 Å². The first-order valence-corrected chi connectivity index (χ1v) is 13.0. The molecule has 4 rings (SSSR count). The van der Waals surface area contributed by atoms with E-state index in [1.807, 2.05) is 4.90 Å². The van der Waals surface area contributed by atoms with Gasteiger partial charge in [-0.25, -0.2) is 8.42 Å². The highest BCUT2D eigenvalue weighted by molar-refractivity contribution is 8.16. The van der Waals surface area contributed by atoms with Gasteiger partial charge in [-0.15, -0.1) is 0 Å². The minimum atomic E-state index is -3.12. The molecule has 1 aliphatic carbocycles. The summed E-state index contributed by atoms with van der Waals surface area (Å²) in [6, 6.07) is 4.96. The van der Waals surface area contributed by atoms with Crippen molar-refractivity contribution in [3.63, 3.8) is 0 Å². The molecule has 3 fully saturated rings. The Balaban J connectivity index is 1.60. The number of carbonyl (C=O) groups is 1. The van der Waals surface area contributed by atoms with E-state index >= 15 is 0 Å². The third-order valence-corrected chi connectivity index (χ3v) is 9.74. The zero-order chi connectivity index (χ0) is 19.9. The van der Waals surface area contributed by atoms with Gasteiger partial charge >= 0.3 is 0 Å². The lowest BCUT2D eigenvalue weighted by molar-refractivity contribution is -0.118. The van der Waals surface area contributed by atoms with Gasteiger partial charge in [0.05, 0.1) is 33.3 Å². The van der Waals surface area contributed by atoms with Crippen molar-refractivity contribution < 1.29 is 13.2 Å². The molecule has 1 aromatic carbocycles. The smallest absolute Gasteiger partial charge is 0.248 e. The average molecular weight is 461 g/mol. The van der Waals surface area contributed by atoms with Crippen molar-refractivity contribution in [2.24, 2.45) is 10.9 Å². The van der Waals surface area contributed by atoms with Crippen LogP contribution in [-0.2, 0) is 14.6 Å². The van der Waals surface area contributed by atoms with E-state index in [0.29, 0.717) is 33.2 Å². The van der Waals surface area contributed by atoms with Crippen molar-refractivity contribution in [2.75, 3.05) is 16.4 Å². The fraction of sp³-hybridized carbons (Fsp3) is 0.579. The summed E-state index contributed by atoms with van der Waals surface area (Å²) in [6.07, 6.45) is 6.21. The number of rotatable bonds is 4. The first kappa shape index (κ1) is 20.5. The highest BCUT2D eigenvalue weighted by Gasteiger charge is 2.49. The number of aliphatic imine (C=N–C) groups is 1. The van der Waals surface area contributed by atoms with Crippen LogP contribution < -0.4 is 4.90 Å². The third-order valence-electron chi connectivity index (χ3n) is 5.72. The number of hydrogen-bond acceptors (Lipinski definition) is 4. The van der Waals surface area contributed by atoms with Crippen LogP contribution in [0.15, 0.2) is 23.2 Å². The topological polar surface area (TPSA) is 66.8 Å². The summed E-state index contributed by atoms with van der Waals surface area (Å²) in [5, 5.41) is 1.12. The SMILES string of the molecule is O=C(CCC1CCCC1)N=C1S[C@H]2CS(=O)(=O)C[C@H]2N1c1cccc(Cl)c1Cl. The third kappa shape index (κ3) is 4.23. The molecule has 0 unspecified atom stereocenters. The predicted octanol–water partition coefficient (Wildman–Crippen LogP) is 4.57. The molecular formula is C19H22Cl2N2O3S2. The summed E-state index contributed by atoms with van der Waals surface area (Å²) in [5.41, 5.74) is 0.605. The quantitative estimate of drug-likeness (QED) is 0.658. The van der Waals surface area contributed by atoms with Crippen LogP contribution in [-0.4, -0.2) is 42.3 Å². The van der Waals surface area contributed by atoms with E-state index in [1.54, 1.807) is 18.2 Å². The number of amidine groups is 1. The zero-order valence-electron chi connectivity index (χ0n) is 15.3. The number of hydrogen-bond donors (Lipinski definition) is 0. The van der Waals surface area contributed by atoms with Gasteiger partial charge in [-0.3, -0.25) is 4.79 Å². The second-order valence-corrected chi connectivity index (χ2v) is 11.9. The van der Waals surface area contributed by atoms with Crippen molar-refractivity contribution in [1.29, 1.82) is 0 Å². The molecule has 0 aromatic heterocycles. The maximum Gasteiger partial charge on any atom is 0.248 e. The Morgan fingerprint density at radius 3 is 2.71 bits per heavy atom. The largest absolute Gasteiger partial charge is 0.314 e. The molecule has 9 heteroatoms. The van der Waals surface area contributed by atoms with Gasteiger partial charge in [0.15, 0.2) is 15.0 Å². The van der Waals surface area contributed by atoms with Crippen LogP contribution in [0.2, 0.25) is 10.0 Å². The molecule has 3 aliphatic rings. The standard InChI is InChI=1S/C19H22Cl2N2O3S2/c20-13-6-3-7-14(18(13)21)23-15-10-28(25,26)11-16(15)27-19(23)22-17(24)9-8-12-4-1-2-5-12/h3,6-7,12,15-16H,1-2,4-5,8-11H2/t15-,16+/m1/s1. The van der Waals surface area contributed by atoms with Gasteiger partial charge in [0, 0.05) is 11.7 Å². The summed E-state index contributed by atoms with van der Waals surface area (Å²) < 4.78 is 24.3. The minimum absolute atomic E-state index is 0.0305. The lowest BCUT2D eigenvalue weighted by atomic mass is 10.0. The summed E-state index contributed by atoms with van der Waals surface area (Å²) in [6.45, 7) is 0. The molecule has 1 saturated carbocycles. The van der Waals surface area contributed by atoms with Gasteiger partial charge in [-0.05, 0) is 24.5 Å². The summed E-state index contributed by atoms with van der Waals surface area (Å²) in [4.78, 5) is 18.7. The summed E-state index contributed by atoms with van der Waals surface area (Å²) in [7, 11) is -3.12. The normalized spacial score (nSPS) is 28.2. The van der Waals surface area contributed by atoms with Crippen LogP contribution in [0.5, 0.6) is 0 Å². The summed E-state index contributed by atoms with van der Waals surface area (Å²) >= 11 is 13.9. The van der Waals surface area contributed by atoms with Gasteiger partial charge in [0.1, 0.15) is 0 Å². The molecule has 2 saturated heterocycles. The Morgan fingerprint density at radius 1 is 1.21 bits per heavy atom. The van der Waals surface area contributed by atoms with Gasteiger partial charge in [-0.1, -0.05) is 66.7 Å². The molecule has 0 bridgehead atoms. The zero-order valence-corrected chi connectivity index (χ0v) is 18.5. The Kier molecular flexibility index (Phi) is 5.98. The number of nitrogens with zero attached hydrogens (tertiary/aromatic N) is 2. The van der Waals surface area contributed by atoms with Crippen molar-refractivity contribution in [3.8, 4) is 0 Å². The molecule has 28 heavy (non-hydrogen) atoms. The Bertz CT molecular complexity index is 914. The fourth-order valence-corrected chi connectivity index (χ4v) is 8.62. The fourth-order valence-electron chi connectivity index (χ4n) is 4.31. The monoisotopic (exact) mass is 460 g/mol. The number of anilines is 1. The van der Waals surface area contributed by atoms with E-state index in [-0.39, 0.29) is 28.7 Å². The van der Waals surface area contributed by atoms with Crippen LogP contribution in [0.25, 0.3) is 0 Å².